The summed E-state index contributed by atoms with van der Waals surface area (Å²) in [5.74, 6) is -0.590. The summed E-state index contributed by atoms with van der Waals surface area (Å²) in [6, 6.07) is 11.5. The van der Waals surface area contributed by atoms with Gasteiger partial charge in [-0.15, -0.1) is 0 Å². The molecule has 0 spiro atoms. The lowest BCUT2D eigenvalue weighted by molar-refractivity contribution is -0.137. The Morgan fingerprint density at radius 3 is 2.66 bits per heavy atom. The minimum atomic E-state index is -4.42. The first-order chi connectivity index (χ1) is 13.9. The Balaban J connectivity index is 1.78. The fourth-order valence-corrected chi connectivity index (χ4v) is 3.86. The Kier molecular flexibility index (Phi) is 5.11. The number of carbonyl (C=O) groups excluding carboxylic acids is 1. The lowest BCUT2D eigenvalue weighted by atomic mass is 9.86. The van der Waals surface area contributed by atoms with Crippen LogP contribution in [0, 0.1) is 0 Å². The first kappa shape index (κ1) is 19.6. The van der Waals surface area contributed by atoms with E-state index in [-0.39, 0.29) is 18.4 Å². The predicted octanol–water partition coefficient (Wildman–Crippen LogP) is 5.55. The molecule has 0 radical (unpaired) electrons. The van der Waals surface area contributed by atoms with Crippen LogP contribution in [0.2, 0.25) is 0 Å². The molecule has 1 aromatic heterocycles. The van der Waals surface area contributed by atoms with Crippen molar-refractivity contribution in [3.8, 4) is 0 Å². The Hall–Kier alpha value is -2.76. The summed E-state index contributed by atoms with van der Waals surface area (Å²) < 4.78 is 39.8. The van der Waals surface area contributed by atoms with E-state index in [1.807, 2.05) is 24.4 Å². The van der Waals surface area contributed by atoms with E-state index in [9.17, 15) is 18.0 Å². The van der Waals surface area contributed by atoms with Gasteiger partial charge in [-0.2, -0.15) is 13.2 Å². The highest BCUT2D eigenvalue weighted by atomic mass is 19.4. The second-order valence-electron chi connectivity index (χ2n) is 7.66. The lowest BCUT2D eigenvalue weighted by Gasteiger charge is -2.19. The number of hydrogen-bond acceptors (Lipinski definition) is 1. The van der Waals surface area contributed by atoms with Crippen molar-refractivity contribution in [2.45, 2.75) is 50.7 Å². The zero-order valence-electron chi connectivity index (χ0n) is 16.1. The van der Waals surface area contributed by atoms with Crippen LogP contribution in [0.1, 0.15) is 54.4 Å². The van der Waals surface area contributed by atoms with Crippen molar-refractivity contribution in [1.29, 1.82) is 0 Å². The molecule has 6 heteroatoms. The minimum Gasteiger partial charge on any atom is -0.361 e. The summed E-state index contributed by atoms with van der Waals surface area (Å²) in [6.07, 6.45) is 0.292. The largest absolute Gasteiger partial charge is 0.416 e. The fourth-order valence-electron chi connectivity index (χ4n) is 3.86. The number of H-pyrrole nitrogens is 1. The molecule has 3 aromatic rings. The number of aromatic amines is 1. The van der Waals surface area contributed by atoms with Crippen LogP contribution in [0.4, 0.5) is 13.2 Å². The molecule has 1 amide bonds. The summed E-state index contributed by atoms with van der Waals surface area (Å²) in [5.41, 5.74) is 2.76. The summed E-state index contributed by atoms with van der Waals surface area (Å²) in [4.78, 5) is 15.8. The number of benzene rings is 2. The van der Waals surface area contributed by atoms with Crippen molar-refractivity contribution in [2.75, 3.05) is 0 Å². The normalized spacial score (nSPS) is 15.4. The van der Waals surface area contributed by atoms with Gasteiger partial charge in [0, 0.05) is 35.5 Å². The Morgan fingerprint density at radius 2 is 1.97 bits per heavy atom. The minimum absolute atomic E-state index is 0.112. The van der Waals surface area contributed by atoms with Crippen molar-refractivity contribution in [3.63, 3.8) is 0 Å². The molecule has 0 aliphatic heterocycles. The van der Waals surface area contributed by atoms with E-state index in [1.54, 1.807) is 6.07 Å². The van der Waals surface area contributed by atoms with Crippen LogP contribution in [0.25, 0.3) is 10.9 Å². The van der Waals surface area contributed by atoms with Crippen LogP contribution in [0.3, 0.4) is 0 Å². The SMILES string of the molecule is CCc1cccc2c([C@@H](CC(=O)NC3CC3)c3cccc(C(F)(F)F)c3)c[nH]c12. The maximum atomic E-state index is 13.3. The second-order valence-corrected chi connectivity index (χ2v) is 7.66. The van der Waals surface area contributed by atoms with Gasteiger partial charge in [-0.3, -0.25) is 4.79 Å². The highest BCUT2D eigenvalue weighted by molar-refractivity contribution is 5.88. The van der Waals surface area contributed by atoms with Gasteiger partial charge in [0.25, 0.3) is 0 Å². The van der Waals surface area contributed by atoms with E-state index in [4.69, 9.17) is 0 Å². The van der Waals surface area contributed by atoms with Gasteiger partial charge in [-0.1, -0.05) is 43.3 Å². The van der Waals surface area contributed by atoms with Crippen LogP contribution in [0.15, 0.2) is 48.7 Å². The molecule has 2 aromatic carbocycles. The van der Waals surface area contributed by atoms with Gasteiger partial charge in [-0.25, -0.2) is 0 Å². The number of aromatic nitrogens is 1. The molecule has 1 aliphatic carbocycles. The van der Waals surface area contributed by atoms with Crippen molar-refractivity contribution in [1.82, 2.24) is 10.3 Å². The third kappa shape index (κ3) is 4.16. The molecule has 1 saturated carbocycles. The molecule has 0 saturated heterocycles. The Labute approximate surface area is 167 Å². The smallest absolute Gasteiger partial charge is 0.361 e. The third-order valence-corrected chi connectivity index (χ3v) is 5.54. The highest BCUT2D eigenvalue weighted by Gasteiger charge is 2.32. The number of halogens is 3. The summed E-state index contributed by atoms with van der Waals surface area (Å²) in [6.45, 7) is 2.06. The number of nitrogens with one attached hydrogen (secondary N) is 2. The average Bonchev–Trinajstić information content (AvgIpc) is 3.40. The number of carbonyl (C=O) groups is 1. The van der Waals surface area contributed by atoms with E-state index < -0.39 is 17.7 Å². The number of amides is 1. The van der Waals surface area contributed by atoms with Gasteiger partial charge in [0.1, 0.15) is 0 Å². The summed E-state index contributed by atoms with van der Waals surface area (Å²) in [7, 11) is 0. The Bertz CT molecular complexity index is 1030. The molecular formula is C23H23F3N2O. The van der Waals surface area contributed by atoms with Crippen molar-refractivity contribution >= 4 is 16.8 Å². The number of hydrogen-bond donors (Lipinski definition) is 2. The van der Waals surface area contributed by atoms with Crippen LogP contribution in [0.5, 0.6) is 0 Å². The van der Waals surface area contributed by atoms with Crippen LogP contribution in [-0.2, 0) is 17.4 Å². The molecule has 1 aliphatic rings. The lowest BCUT2D eigenvalue weighted by Crippen LogP contribution is -2.27. The third-order valence-electron chi connectivity index (χ3n) is 5.54. The van der Waals surface area contributed by atoms with Crippen molar-refractivity contribution < 1.29 is 18.0 Å². The quantitative estimate of drug-likeness (QED) is 0.560. The van der Waals surface area contributed by atoms with Gasteiger partial charge >= 0.3 is 6.18 Å². The van der Waals surface area contributed by atoms with Crippen LogP contribution >= 0.6 is 0 Å². The summed E-state index contributed by atoms with van der Waals surface area (Å²) in [5, 5.41) is 3.91. The average molecular weight is 400 g/mol. The molecule has 2 N–H and O–H groups in total. The van der Waals surface area contributed by atoms with E-state index in [1.165, 1.54) is 6.07 Å². The molecule has 1 atom stereocenters. The fraction of sp³-hybridized carbons (Fsp3) is 0.348. The standard InChI is InChI=1S/C23H23F3N2O/c1-2-14-5-4-8-18-20(13-27-22(14)18)19(12-21(29)28-17-9-10-17)15-6-3-7-16(11-15)23(24,25)26/h3-8,11,13,17,19,27H,2,9-10,12H2,1H3,(H,28,29)/t19-/m0/s1. The van der Waals surface area contributed by atoms with E-state index in [0.29, 0.717) is 5.56 Å². The number of fused-ring (bicyclic) bond motifs is 1. The summed E-state index contributed by atoms with van der Waals surface area (Å²) >= 11 is 0. The van der Waals surface area contributed by atoms with Crippen LogP contribution in [-0.4, -0.2) is 16.9 Å². The zero-order chi connectivity index (χ0) is 20.6. The number of para-hydroxylation sites is 1. The molecule has 4 rings (SSSR count). The Morgan fingerprint density at radius 1 is 1.21 bits per heavy atom. The molecule has 1 heterocycles. The number of aryl methyl sites for hydroxylation is 1. The number of alkyl halides is 3. The van der Waals surface area contributed by atoms with E-state index in [0.717, 1.165) is 53.4 Å². The highest BCUT2D eigenvalue weighted by Crippen LogP contribution is 2.37. The molecule has 3 nitrogen and oxygen atoms in total. The van der Waals surface area contributed by atoms with Crippen LogP contribution < -0.4 is 5.32 Å². The van der Waals surface area contributed by atoms with Gasteiger partial charge in [0.05, 0.1) is 5.56 Å². The molecule has 29 heavy (non-hydrogen) atoms. The van der Waals surface area contributed by atoms with E-state index in [2.05, 4.69) is 17.2 Å². The maximum Gasteiger partial charge on any atom is 0.416 e. The predicted molar refractivity (Wildman–Crippen MR) is 107 cm³/mol. The first-order valence-corrected chi connectivity index (χ1v) is 9.92. The zero-order valence-corrected chi connectivity index (χ0v) is 16.1. The van der Waals surface area contributed by atoms with Crippen molar-refractivity contribution in [3.05, 3.63) is 70.9 Å². The van der Waals surface area contributed by atoms with Crippen molar-refractivity contribution in [2.24, 2.45) is 0 Å². The topological polar surface area (TPSA) is 44.9 Å². The van der Waals surface area contributed by atoms with Gasteiger partial charge in [0.2, 0.25) is 5.91 Å². The molecule has 152 valence electrons. The maximum absolute atomic E-state index is 13.3. The second kappa shape index (κ2) is 7.58. The first-order valence-electron chi connectivity index (χ1n) is 9.92. The van der Waals surface area contributed by atoms with Gasteiger partial charge in [0.15, 0.2) is 0 Å². The molecule has 0 bridgehead atoms. The van der Waals surface area contributed by atoms with Gasteiger partial charge in [-0.05, 0) is 42.0 Å². The number of rotatable bonds is 6. The molecule has 1 fully saturated rings. The van der Waals surface area contributed by atoms with E-state index >= 15 is 0 Å². The molecular weight excluding hydrogens is 377 g/mol. The monoisotopic (exact) mass is 400 g/mol. The molecule has 0 unspecified atom stereocenters. The van der Waals surface area contributed by atoms with Gasteiger partial charge < -0.3 is 10.3 Å².